The maximum atomic E-state index is 11.6. The van der Waals surface area contributed by atoms with Gasteiger partial charge >= 0.3 is 12.0 Å². The van der Waals surface area contributed by atoms with Gasteiger partial charge in [-0.25, -0.2) is 4.79 Å². The lowest BCUT2D eigenvalue weighted by Gasteiger charge is -2.15. The summed E-state index contributed by atoms with van der Waals surface area (Å²) in [4.78, 5) is 22.6. The van der Waals surface area contributed by atoms with Crippen LogP contribution in [0.1, 0.15) is 31.7 Å². The molecule has 0 saturated carbocycles. The van der Waals surface area contributed by atoms with E-state index in [0.29, 0.717) is 17.9 Å². The van der Waals surface area contributed by atoms with E-state index in [1.54, 1.807) is 13.0 Å². The molecule has 0 radical (unpaired) electrons. The van der Waals surface area contributed by atoms with Crippen LogP contribution < -0.4 is 10.6 Å². The highest BCUT2D eigenvalue weighted by Crippen LogP contribution is 2.11. The number of aliphatic carboxylic acids is 1. The number of hydrogen-bond donors (Lipinski definition) is 3. The fraction of sp³-hybridized carbons (Fsp3) is 0.615. The van der Waals surface area contributed by atoms with Crippen LogP contribution >= 0.6 is 0 Å². The molecule has 0 aliphatic heterocycles. The Hall–Kier alpha value is -2.05. The Morgan fingerprint density at radius 3 is 2.60 bits per heavy atom. The Bertz CT molecular complexity index is 456. The van der Waals surface area contributed by atoms with E-state index in [1.165, 1.54) is 0 Å². The maximum absolute atomic E-state index is 11.6. The van der Waals surface area contributed by atoms with Crippen molar-refractivity contribution in [3.05, 3.63) is 17.5 Å². The monoisotopic (exact) mass is 283 g/mol. The molecule has 1 atom stereocenters. The molecule has 1 aromatic rings. The van der Waals surface area contributed by atoms with Crippen LogP contribution in [0.4, 0.5) is 4.79 Å². The molecule has 1 aromatic heterocycles. The number of carbonyl (C=O) groups is 2. The van der Waals surface area contributed by atoms with Gasteiger partial charge in [0.05, 0.1) is 12.5 Å². The number of urea groups is 1. The van der Waals surface area contributed by atoms with E-state index in [-0.39, 0.29) is 19.0 Å². The minimum Gasteiger partial charge on any atom is -0.481 e. The maximum Gasteiger partial charge on any atom is 0.315 e. The molecule has 0 spiro atoms. The molecule has 3 N–H and O–H groups in total. The van der Waals surface area contributed by atoms with Crippen molar-refractivity contribution >= 4 is 12.0 Å². The van der Waals surface area contributed by atoms with Crippen molar-refractivity contribution in [2.75, 3.05) is 6.54 Å². The van der Waals surface area contributed by atoms with Crippen LogP contribution in [0.3, 0.4) is 0 Å². The van der Waals surface area contributed by atoms with Gasteiger partial charge in [0.2, 0.25) is 0 Å². The molecule has 0 fully saturated rings. The molecule has 2 amide bonds. The van der Waals surface area contributed by atoms with Gasteiger partial charge in [-0.05, 0) is 19.3 Å². The highest BCUT2D eigenvalue weighted by atomic mass is 16.5. The first-order chi connectivity index (χ1) is 9.38. The fourth-order valence-electron chi connectivity index (χ4n) is 1.79. The lowest BCUT2D eigenvalue weighted by molar-refractivity contribution is -0.142. The number of carbonyl (C=O) groups excluding carboxylic acids is 1. The zero-order valence-corrected chi connectivity index (χ0v) is 12.0. The van der Waals surface area contributed by atoms with E-state index in [0.717, 1.165) is 0 Å². The Morgan fingerprint density at radius 1 is 1.40 bits per heavy atom. The van der Waals surface area contributed by atoms with Gasteiger partial charge in [0.15, 0.2) is 0 Å². The number of nitrogens with one attached hydrogen (secondary N) is 2. The molecule has 112 valence electrons. The third-order valence-corrected chi connectivity index (χ3v) is 2.72. The number of hydrogen-bond acceptors (Lipinski definition) is 4. The molecule has 20 heavy (non-hydrogen) atoms. The van der Waals surface area contributed by atoms with Crippen LogP contribution in [0.15, 0.2) is 10.6 Å². The lowest BCUT2D eigenvalue weighted by atomic mass is 9.97. The number of nitrogens with zero attached hydrogens (tertiary/aromatic N) is 1. The van der Waals surface area contributed by atoms with E-state index >= 15 is 0 Å². The minimum atomic E-state index is -0.897. The third kappa shape index (κ3) is 5.73. The van der Waals surface area contributed by atoms with Crippen LogP contribution in [-0.4, -0.2) is 28.8 Å². The van der Waals surface area contributed by atoms with Gasteiger partial charge in [-0.2, -0.15) is 0 Å². The third-order valence-electron chi connectivity index (χ3n) is 2.72. The molecule has 7 nitrogen and oxygen atoms in total. The first-order valence-electron chi connectivity index (χ1n) is 6.55. The lowest BCUT2D eigenvalue weighted by Crippen LogP contribution is -2.40. The molecule has 0 aliphatic carbocycles. The Morgan fingerprint density at radius 2 is 2.10 bits per heavy atom. The smallest absolute Gasteiger partial charge is 0.315 e. The Kier molecular flexibility index (Phi) is 6.02. The average molecular weight is 283 g/mol. The summed E-state index contributed by atoms with van der Waals surface area (Å²) in [5, 5.41) is 17.9. The van der Waals surface area contributed by atoms with Crippen molar-refractivity contribution in [1.29, 1.82) is 0 Å². The summed E-state index contributed by atoms with van der Waals surface area (Å²) >= 11 is 0. The van der Waals surface area contributed by atoms with Gasteiger partial charge in [0, 0.05) is 12.6 Å². The van der Waals surface area contributed by atoms with Gasteiger partial charge in [-0.15, -0.1) is 0 Å². The minimum absolute atomic E-state index is 0.108. The number of rotatable bonds is 7. The van der Waals surface area contributed by atoms with E-state index < -0.39 is 17.9 Å². The van der Waals surface area contributed by atoms with Crippen molar-refractivity contribution in [3.8, 4) is 0 Å². The fourth-order valence-corrected chi connectivity index (χ4v) is 1.79. The van der Waals surface area contributed by atoms with E-state index in [4.69, 9.17) is 9.63 Å². The second kappa shape index (κ2) is 7.52. The normalized spacial score (nSPS) is 12.2. The summed E-state index contributed by atoms with van der Waals surface area (Å²) in [5.41, 5.74) is 0.620. The van der Waals surface area contributed by atoms with Gasteiger partial charge in [0.25, 0.3) is 0 Å². The summed E-state index contributed by atoms with van der Waals surface area (Å²) in [7, 11) is 0. The summed E-state index contributed by atoms with van der Waals surface area (Å²) in [6.45, 7) is 6.01. The summed E-state index contributed by atoms with van der Waals surface area (Å²) in [5.74, 6) is -0.537. The molecular formula is C13H21N3O4. The van der Waals surface area contributed by atoms with Crippen molar-refractivity contribution in [1.82, 2.24) is 15.8 Å². The Balaban J connectivity index is 2.32. The molecule has 1 rings (SSSR count). The van der Waals surface area contributed by atoms with Gasteiger partial charge in [0.1, 0.15) is 11.5 Å². The van der Waals surface area contributed by atoms with Crippen LogP contribution in [0, 0.1) is 18.8 Å². The molecule has 1 unspecified atom stereocenters. The molecule has 0 bridgehead atoms. The summed E-state index contributed by atoms with van der Waals surface area (Å²) in [6.07, 6.45) is 0.526. The predicted molar refractivity (Wildman–Crippen MR) is 72.1 cm³/mol. The average Bonchev–Trinajstić information content (AvgIpc) is 2.77. The van der Waals surface area contributed by atoms with Crippen molar-refractivity contribution in [2.45, 2.75) is 33.7 Å². The van der Waals surface area contributed by atoms with Crippen molar-refractivity contribution in [2.24, 2.45) is 11.8 Å². The van der Waals surface area contributed by atoms with E-state index in [9.17, 15) is 9.59 Å². The molecule has 0 aliphatic rings. The van der Waals surface area contributed by atoms with Gasteiger partial charge in [-0.1, -0.05) is 19.0 Å². The zero-order chi connectivity index (χ0) is 15.1. The molecule has 0 saturated heterocycles. The number of aromatic nitrogens is 1. The second-order valence-corrected chi connectivity index (χ2v) is 5.16. The summed E-state index contributed by atoms with van der Waals surface area (Å²) in [6, 6.07) is 1.31. The number of carboxylic acids is 1. The second-order valence-electron chi connectivity index (χ2n) is 5.16. The molecule has 1 heterocycles. The quantitative estimate of drug-likeness (QED) is 0.704. The predicted octanol–water partition coefficient (Wildman–Crippen LogP) is 1.53. The molecular weight excluding hydrogens is 262 g/mol. The SMILES string of the molecule is Cc1cc(CNC(=O)NCC(CC(C)C)C(=O)O)no1. The highest BCUT2D eigenvalue weighted by Gasteiger charge is 2.19. The molecule has 7 heteroatoms. The highest BCUT2D eigenvalue weighted by molar-refractivity contribution is 5.75. The van der Waals surface area contributed by atoms with Crippen LogP contribution in [-0.2, 0) is 11.3 Å². The Labute approximate surface area is 117 Å². The first kappa shape index (κ1) is 16.0. The largest absolute Gasteiger partial charge is 0.481 e. The standard InChI is InChI=1S/C13H21N3O4/c1-8(2)4-10(12(17)18)6-14-13(19)15-7-11-5-9(3)20-16-11/h5,8,10H,4,6-7H2,1-3H3,(H,17,18)(H2,14,15,19). The van der Waals surface area contributed by atoms with Crippen LogP contribution in [0.25, 0.3) is 0 Å². The van der Waals surface area contributed by atoms with E-state index in [1.807, 2.05) is 13.8 Å². The number of carboxylic acid groups (broad SMARTS) is 1. The summed E-state index contributed by atoms with van der Waals surface area (Å²) < 4.78 is 4.87. The van der Waals surface area contributed by atoms with Crippen molar-refractivity contribution < 1.29 is 19.2 Å². The first-order valence-corrected chi connectivity index (χ1v) is 6.55. The van der Waals surface area contributed by atoms with E-state index in [2.05, 4.69) is 15.8 Å². The number of amides is 2. The molecule has 0 aromatic carbocycles. The van der Waals surface area contributed by atoms with Gasteiger partial charge < -0.3 is 20.3 Å². The van der Waals surface area contributed by atoms with Crippen LogP contribution in [0.5, 0.6) is 0 Å². The van der Waals surface area contributed by atoms with Crippen LogP contribution in [0.2, 0.25) is 0 Å². The zero-order valence-electron chi connectivity index (χ0n) is 12.0. The van der Waals surface area contributed by atoms with Crippen molar-refractivity contribution in [3.63, 3.8) is 0 Å². The topological polar surface area (TPSA) is 104 Å². The number of aryl methyl sites for hydroxylation is 1. The van der Waals surface area contributed by atoms with Gasteiger partial charge in [-0.3, -0.25) is 4.79 Å².